The largest absolute Gasteiger partial charge is 0.444 e. The summed E-state index contributed by atoms with van der Waals surface area (Å²) in [6, 6.07) is 0.267. The van der Waals surface area contributed by atoms with Crippen LogP contribution in [0.4, 0.5) is 4.79 Å². The smallest absolute Gasteiger partial charge is 0.410 e. The molecule has 0 spiro atoms. The van der Waals surface area contributed by atoms with Gasteiger partial charge in [-0.25, -0.2) is 4.79 Å². The molecule has 4 aliphatic rings. The van der Waals surface area contributed by atoms with E-state index >= 15 is 0 Å². The van der Waals surface area contributed by atoms with Crippen molar-refractivity contribution in [3.05, 3.63) is 0 Å². The van der Waals surface area contributed by atoms with E-state index in [1.165, 1.54) is 0 Å². The molecule has 9 nitrogen and oxygen atoms in total. The molecule has 3 aliphatic heterocycles. The van der Waals surface area contributed by atoms with Crippen molar-refractivity contribution >= 4 is 12.0 Å². The minimum atomic E-state index is -1.15. The molecule has 0 radical (unpaired) electrons. The topological polar surface area (TPSA) is 101 Å². The molecule has 2 bridgehead atoms. The van der Waals surface area contributed by atoms with Crippen molar-refractivity contribution in [2.24, 2.45) is 5.41 Å². The van der Waals surface area contributed by atoms with E-state index in [0.29, 0.717) is 39.1 Å². The number of piperazine rings is 1. The maximum atomic E-state index is 14.0. The zero-order valence-corrected chi connectivity index (χ0v) is 21.6. The van der Waals surface area contributed by atoms with Crippen molar-refractivity contribution in [3.8, 4) is 0 Å². The van der Waals surface area contributed by atoms with Gasteiger partial charge in [0.05, 0.1) is 35.8 Å². The van der Waals surface area contributed by atoms with E-state index < -0.39 is 16.6 Å². The van der Waals surface area contributed by atoms with Gasteiger partial charge in [-0.15, -0.1) is 0 Å². The van der Waals surface area contributed by atoms with Crippen molar-refractivity contribution in [2.75, 3.05) is 33.4 Å². The summed E-state index contributed by atoms with van der Waals surface area (Å²) in [5.41, 5.74) is -2.54. The number of carbonyl (C=O) groups excluding carboxylic acids is 2. The lowest BCUT2D eigenvalue weighted by atomic mass is 9.70. The number of likely N-dealkylation sites (tertiary alicyclic amines) is 2. The van der Waals surface area contributed by atoms with E-state index in [1.54, 1.807) is 25.9 Å². The molecule has 0 aromatic heterocycles. The molecule has 4 fully saturated rings. The lowest BCUT2D eigenvalue weighted by Gasteiger charge is -2.45. The van der Waals surface area contributed by atoms with Crippen molar-refractivity contribution in [1.29, 1.82) is 0 Å². The van der Waals surface area contributed by atoms with Crippen LogP contribution < -0.4 is 5.32 Å². The third-order valence-corrected chi connectivity index (χ3v) is 8.28. The molecule has 4 rings (SSSR count). The summed E-state index contributed by atoms with van der Waals surface area (Å²) in [4.78, 5) is 30.3. The van der Waals surface area contributed by atoms with E-state index in [-0.39, 0.29) is 42.3 Å². The first-order chi connectivity index (χ1) is 15.8. The first-order valence-electron chi connectivity index (χ1n) is 12.7. The Bertz CT molecular complexity index is 778. The molecule has 1 saturated carbocycles. The van der Waals surface area contributed by atoms with Gasteiger partial charge < -0.3 is 34.4 Å². The Balaban J connectivity index is 1.43. The Morgan fingerprint density at radius 3 is 2.35 bits per heavy atom. The molecule has 3 heterocycles. The van der Waals surface area contributed by atoms with Crippen LogP contribution in [0.5, 0.6) is 0 Å². The number of rotatable bonds is 5. The van der Waals surface area contributed by atoms with Crippen LogP contribution in [-0.2, 0) is 19.0 Å². The second-order valence-electron chi connectivity index (χ2n) is 12.1. The molecule has 0 aromatic carbocycles. The lowest BCUT2D eigenvalue weighted by molar-refractivity contribution is -0.160. The van der Waals surface area contributed by atoms with Crippen LogP contribution in [0.2, 0.25) is 0 Å². The van der Waals surface area contributed by atoms with Crippen molar-refractivity contribution < 1.29 is 28.9 Å². The summed E-state index contributed by atoms with van der Waals surface area (Å²) >= 11 is 0. The Morgan fingerprint density at radius 2 is 1.76 bits per heavy atom. The van der Waals surface area contributed by atoms with Gasteiger partial charge in [0.25, 0.3) is 0 Å². The number of fused-ring (bicyclic) bond motifs is 2. The summed E-state index contributed by atoms with van der Waals surface area (Å²) in [6.45, 7) is 11.4. The van der Waals surface area contributed by atoms with Gasteiger partial charge in [-0.3, -0.25) is 4.79 Å². The number of hydrogen-bond acceptors (Lipinski definition) is 7. The standard InChI is InChI=1S/C25H43N3O6/c1-23(2,3)34-22(30)28-14-17-11-18(28)13-27(17)21(29)25(24(4,5)31)9-7-16(12-25)26-19-8-10-33-15-20(19)32-6/h16-20,26,31H,7-15H2,1-6H3. The van der Waals surface area contributed by atoms with Gasteiger partial charge in [0.1, 0.15) is 5.60 Å². The van der Waals surface area contributed by atoms with Crippen LogP contribution >= 0.6 is 0 Å². The monoisotopic (exact) mass is 481 g/mol. The minimum absolute atomic E-state index is 0.00487. The molecule has 194 valence electrons. The summed E-state index contributed by atoms with van der Waals surface area (Å²) < 4.78 is 16.7. The Hall–Kier alpha value is -1.42. The van der Waals surface area contributed by atoms with Crippen LogP contribution in [0.15, 0.2) is 0 Å². The third kappa shape index (κ3) is 4.81. The number of carbonyl (C=O) groups is 2. The van der Waals surface area contributed by atoms with Crippen LogP contribution in [0.3, 0.4) is 0 Å². The number of amides is 2. The second kappa shape index (κ2) is 9.22. The first-order valence-corrected chi connectivity index (χ1v) is 12.7. The molecule has 2 amide bonds. The number of hydrogen-bond donors (Lipinski definition) is 2. The van der Waals surface area contributed by atoms with Gasteiger partial charge in [0.2, 0.25) is 5.91 Å². The van der Waals surface area contributed by atoms with Gasteiger partial charge in [0.15, 0.2) is 0 Å². The zero-order valence-electron chi connectivity index (χ0n) is 21.6. The minimum Gasteiger partial charge on any atom is -0.444 e. The van der Waals surface area contributed by atoms with E-state index in [4.69, 9.17) is 14.2 Å². The molecule has 6 atom stereocenters. The second-order valence-corrected chi connectivity index (χ2v) is 12.1. The number of nitrogens with one attached hydrogen (secondary N) is 1. The number of ether oxygens (including phenoxy) is 3. The molecular formula is C25H43N3O6. The van der Waals surface area contributed by atoms with Crippen molar-refractivity contribution in [2.45, 2.75) is 108 Å². The fraction of sp³-hybridized carbons (Fsp3) is 0.920. The van der Waals surface area contributed by atoms with Crippen LogP contribution in [0.25, 0.3) is 0 Å². The maximum absolute atomic E-state index is 14.0. The number of methoxy groups -OCH3 is 1. The SMILES string of the molecule is COC1COCCC1NC1CCC(C(=O)N2CC3CC2CN3C(=O)OC(C)(C)C)(C(C)(C)O)C1. The average Bonchev–Trinajstić information content (AvgIpc) is 3.46. The highest BCUT2D eigenvalue weighted by Gasteiger charge is 2.59. The quantitative estimate of drug-likeness (QED) is 0.619. The third-order valence-electron chi connectivity index (χ3n) is 8.28. The Kier molecular flexibility index (Phi) is 6.96. The summed E-state index contributed by atoms with van der Waals surface area (Å²) in [7, 11) is 1.70. The molecule has 0 aromatic rings. The van der Waals surface area contributed by atoms with Gasteiger partial charge in [-0.2, -0.15) is 0 Å². The van der Waals surface area contributed by atoms with Crippen molar-refractivity contribution in [3.63, 3.8) is 0 Å². The van der Waals surface area contributed by atoms with Crippen LogP contribution in [-0.4, -0.2) is 102 Å². The fourth-order valence-electron chi connectivity index (χ4n) is 6.37. The normalized spacial score (nSPS) is 36.3. The van der Waals surface area contributed by atoms with Crippen molar-refractivity contribution in [1.82, 2.24) is 15.1 Å². The summed E-state index contributed by atoms with van der Waals surface area (Å²) in [5, 5.41) is 15.0. The molecule has 9 heteroatoms. The Morgan fingerprint density at radius 1 is 1.09 bits per heavy atom. The summed E-state index contributed by atoms with van der Waals surface area (Å²) in [5.74, 6) is 0.0240. The van der Waals surface area contributed by atoms with Crippen LogP contribution in [0.1, 0.15) is 66.7 Å². The van der Waals surface area contributed by atoms with Crippen LogP contribution in [0, 0.1) is 5.41 Å². The first kappa shape index (κ1) is 25.7. The van der Waals surface area contributed by atoms with E-state index in [1.807, 2.05) is 25.7 Å². The number of aliphatic hydroxyl groups is 1. The molecular weight excluding hydrogens is 438 g/mol. The van der Waals surface area contributed by atoms with E-state index in [9.17, 15) is 14.7 Å². The number of nitrogens with zero attached hydrogens (tertiary/aromatic N) is 2. The van der Waals surface area contributed by atoms with Gasteiger partial charge >= 0.3 is 6.09 Å². The van der Waals surface area contributed by atoms with Gasteiger partial charge in [-0.1, -0.05) is 0 Å². The highest BCUT2D eigenvalue weighted by atomic mass is 16.6. The molecule has 34 heavy (non-hydrogen) atoms. The average molecular weight is 482 g/mol. The van der Waals surface area contributed by atoms with Gasteiger partial charge in [-0.05, 0) is 66.7 Å². The highest BCUT2D eigenvalue weighted by Crippen LogP contribution is 2.50. The Labute approximate surface area is 203 Å². The fourth-order valence-corrected chi connectivity index (χ4v) is 6.37. The molecule has 2 N–H and O–H groups in total. The van der Waals surface area contributed by atoms with E-state index in [0.717, 1.165) is 19.3 Å². The highest BCUT2D eigenvalue weighted by molar-refractivity contribution is 5.86. The zero-order chi connectivity index (χ0) is 24.9. The van der Waals surface area contributed by atoms with E-state index in [2.05, 4.69) is 5.32 Å². The molecule has 3 saturated heterocycles. The van der Waals surface area contributed by atoms with Gasteiger partial charge in [0, 0.05) is 38.9 Å². The maximum Gasteiger partial charge on any atom is 0.410 e. The summed E-state index contributed by atoms with van der Waals surface area (Å²) in [6.07, 6.45) is 3.38. The lowest BCUT2D eigenvalue weighted by Crippen LogP contribution is -2.59. The predicted molar refractivity (Wildman–Crippen MR) is 126 cm³/mol. The molecule has 1 aliphatic carbocycles. The molecule has 6 unspecified atom stereocenters. The predicted octanol–water partition coefficient (Wildman–Crippen LogP) is 1.91.